The SMILES string of the molecule is CC(C)c1nc2ccccc2n1C1CN(CC2CCOCC2)C1. The standard InChI is InChI=1S/C19H27N3O/c1-14(2)19-20-17-5-3-4-6-18(17)22(19)16-12-21(13-16)11-15-7-9-23-10-8-15/h3-6,14-16H,7-13H2,1-2H3. The first-order valence-corrected chi connectivity index (χ1v) is 8.99. The van der Waals surface area contributed by atoms with E-state index in [1.807, 2.05) is 0 Å². The van der Waals surface area contributed by atoms with E-state index in [0.29, 0.717) is 12.0 Å². The molecule has 4 heteroatoms. The van der Waals surface area contributed by atoms with Gasteiger partial charge in [0.05, 0.1) is 17.1 Å². The summed E-state index contributed by atoms with van der Waals surface area (Å²) in [6, 6.07) is 9.15. The van der Waals surface area contributed by atoms with E-state index in [0.717, 1.165) is 37.7 Å². The minimum Gasteiger partial charge on any atom is -0.381 e. The van der Waals surface area contributed by atoms with Crippen molar-refractivity contribution in [2.24, 2.45) is 5.92 Å². The van der Waals surface area contributed by atoms with Gasteiger partial charge in [0, 0.05) is 38.8 Å². The summed E-state index contributed by atoms with van der Waals surface area (Å²) in [5, 5.41) is 0. The zero-order chi connectivity index (χ0) is 15.8. The van der Waals surface area contributed by atoms with E-state index in [1.165, 1.54) is 30.7 Å². The van der Waals surface area contributed by atoms with Crippen LogP contribution in [0.15, 0.2) is 24.3 Å². The van der Waals surface area contributed by atoms with Crippen LogP contribution in [0, 0.1) is 5.92 Å². The minimum absolute atomic E-state index is 0.465. The normalized spacial score (nSPS) is 21.2. The van der Waals surface area contributed by atoms with Crippen molar-refractivity contribution in [1.82, 2.24) is 14.5 Å². The van der Waals surface area contributed by atoms with E-state index in [4.69, 9.17) is 9.72 Å². The van der Waals surface area contributed by atoms with E-state index in [-0.39, 0.29) is 0 Å². The number of ether oxygens (including phenoxy) is 1. The Bertz CT molecular complexity index is 666. The van der Waals surface area contributed by atoms with Crippen LogP contribution in [0.1, 0.15) is 44.5 Å². The summed E-state index contributed by atoms with van der Waals surface area (Å²) in [5.41, 5.74) is 2.44. The highest BCUT2D eigenvalue weighted by Crippen LogP contribution is 2.32. The summed E-state index contributed by atoms with van der Waals surface area (Å²) in [6.45, 7) is 9.96. The summed E-state index contributed by atoms with van der Waals surface area (Å²) < 4.78 is 7.97. The predicted molar refractivity (Wildman–Crippen MR) is 92.8 cm³/mol. The second-order valence-electron chi connectivity index (χ2n) is 7.41. The molecular weight excluding hydrogens is 286 g/mol. The van der Waals surface area contributed by atoms with Crippen molar-refractivity contribution in [3.8, 4) is 0 Å². The molecule has 0 aliphatic carbocycles. The maximum Gasteiger partial charge on any atom is 0.112 e. The third-order valence-electron chi connectivity index (χ3n) is 5.30. The van der Waals surface area contributed by atoms with Crippen LogP contribution >= 0.6 is 0 Å². The van der Waals surface area contributed by atoms with Gasteiger partial charge in [0.1, 0.15) is 5.82 Å². The fourth-order valence-electron chi connectivity index (χ4n) is 4.00. The molecule has 124 valence electrons. The molecule has 3 heterocycles. The molecule has 2 fully saturated rings. The maximum absolute atomic E-state index is 5.47. The number of benzene rings is 1. The number of likely N-dealkylation sites (tertiary alicyclic amines) is 1. The molecule has 0 radical (unpaired) electrons. The van der Waals surface area contributed by atoms with Crippen LogP contribution in [0.3, 0.4) is 0 Å². The van der Waals surface area contributed by atoms with Crippen molar-refractivity contribution < 1.29 is 4.74 Å². The van der Waals surface area contributed by atoms with Crippen LogP contribution in [-0.2, 0) is 4.74 Å². The van der Waals surface area contributed by atoms with Gasteiger partial charge in [0.2, 0.25) is 0 Å². The first-order chi connectivity index (χ1) is 11.2. The average molecular weight is 313 g/mol. The van der Waals surface area contributed by atoms with Gasteiger partial charge in [-0.05, 0) is 30.9 Å². The Labute approximate surface area is 138 Å². The Kier molecular flexibility index (Phi) is 4.12. The van der Waals surface area contributed by atoms with E-state index in [2.05, 4.69) is 47.6 Å². The molecule has 2 aromatic rings. The molecule has 0 saturated carbocycles. The maximum atomic E-state index is 5.47. The van der Waals surface area contributed by atoms with Crippen LogP contribution in [0.2, 0.25) is 0 Å². The molecule has 0 N–H and O–H groups in total. The van der Waals surface area contributed by atoms with Gasteiger partial charge in [-0.3, -0.25) is 4.90 Å². The Morgan fingerprint density at radius 1 is 1.17 bits per heavy atom. The van der Waals surface area contributed by atoms with Gasteiger partial charge < -0.3 is 9.30 Å². The summed E-state index contributed by atoms with van der Waals surface area (Å²) in [7, 11) is 0. The fraction of sp³-hybridized carbons (Fsp3) is 0.632. The zero-order valence-electron chi connectivity index (χ0n) is 14.2. The molecule has 2 aliphatic heterocycles. The second-order valence-corrected chi connectivity index (χ2v) is 7.41. The van der Waals surface area contributed by atoms with E-state index in [9.17, 15) is 0 Å². The lowest BCUT2D eigenvalue weighted by molar-refractivity contribution is 0.0280. The number of imidazole rings is 1. The molecule has 0 bridgehead atoms. The largest absolute Gasteiger partial charge is 0.381 e. The average Bonchev–Trinajstić information content (AvgIpc) is 2.91. The van der Waals surface area contributed by atoms with Crippen LogP contribution in [0.5, 0.6) is 0 Å². The predicted octanol–water partition coefficient (Wildman–Crippen LogP) is 3.44. The Balaban J connectivity index is 1.49. The topological polar surface area (TPSA) is 30.3 Å². The number of rotatable bonds is 4. The summed E-state index contributed by atoms with van der Waals surface area (Å²) in [5.74, 6) is 2.53. The van der Waals surface area contributed by atoms with Gasteiger partial charge in [0.25, 0.3) is 0 Å². The molecule has 0 unspecified atom stereocenters. The summed E-state index contributed by atoms with van der Waals surface area (Å²) >= 11 is 0. The lowest BCUT2D eigenvalue weighted by Gasteiger charge is -2.43. The van der Waals surface area contributed by atoms with Gasteiger partial charge in [-0.25, -0.2) is 4.98 Å². The van der Waals surface area contributed by atoms with Crippen molar-refractivity contribution in [3.05, 3.63) is 30.1 Å². The van der Waals surface area contributed by atoms with Gasteiger partial charge in [0.15, 0.2) is 0 Å². The molecule has 4 nitrogen and oxygen atoms in total. The number of hydrogen-bond acceptors (Lipinski definition) is 3. The van der Waals surface area contributed by atoms with E-state index < -0.39 is 0 Å². The Hall–Kier alpha value is -1.39. The monoisotopic (exact) mass is 313 g/mol. The molecule has 4 rings (SSSR count). The minimum atomic E-state index is 0.465. The third kappa shape index (κ3) is 2.90. The van der Waals surface area contributed by atoms with Gasteiger partial charge in [-0.2, -0.15) is 0 Å². The molecule has 0 atom stereocenters. The van der Waals surface area contributed by atoms with Crippen molar-refractivity contribution in [2.75, 3.05) is 32.8 Å². The summed E-state index contributed by atoms with van der Waals surface area (Å²) in [4.78, 5) is 7.49. The second kappa shape index (κ2) is 6.25. The van der Waals surface area contributed by atoms with Crippen LogP contribution < -0.4 is 0 Å². The zero-order valence-corrected chi connectivity index (χ0v) is 14.2. The molecule has 2 aliphatic rings. The quantitative estimate of drug-likeness (QED) is 0.866. The van der Waals surface area contributed by atoms with Crippen molar-refractivity contribution in [3.63, 3.8) is 0 Å². The van der Waals surface area contributed by atoms with Gasteiger partial charge in [-0.1, -0.05) is 26.0 Å². The lowest BCUT2D eigenvalue weighted by atomic mass is 9.97. The first kappa shape index (κ1) is 15.2. The van der Waals surface area contributed by atoms with Crippen molar-refractivity contribution >= 4 is 11.0 Å². The molecule has 1 aromatic carbocycles. The van der Waals surface area contributed by atoms with Crippen LogP contribution in [-0.4, -0.2) is 47.3 Å². The highest BCUT2D eigenvalue weighted by molar-refractivity contribution is 5.76. The molecule has 0 spiro atoms. The number of nitrogens with zero attached hydrogens (tertiary/aromatic N) is 3. The first-order valence-electron chi connectivity index (χ1n) is 8.99. The van der Waals surface area contributed by atoms with Crippen LogP contribution in [0.25, 0.3) is 11.0 Å². The van der Waals surface area contributed by atoms with E-state index >= 15 is 0 Å². The number of para-hydroxylation sites is 2. The third-order valence-corrected chi connectivity index (χ3v) is 5.30. The Morgan fingerprint density at radius 2 is 1.91 bits per heavy atom. The van der Waals surface area contributed by atoms with Crippen LogP contribution in [0.4, 0.5) is 0 Å². The molecule has 0 amide bonds. The number of fused-ring (bicyclic) bond motifs is 1. The molecule has 23 heavy (non-hydrogen) atoms. The molecular formula is C19H27N3O. The lowest BCUT2D eigenvalue weighted by Crippen LogP contribution is -2.50. The van der Waals surface area contributed by atoms with Crippen molar-refractivity contribution in [2.45, 2.75) is 38.6 Å². The molecule has 1 aromatic heterocycles. The fourth-order valence-corrected chi connectivity index (χ4v) is 4.00. The van der Waals surface area contributed by atoms with Gasteiger partial charge in [-0.15, -0.1) is 0 Å². The summed E-state index contributed by atoms with van der Waals surface area (Å²) in [6.07, 6.45) is 2.46. The smallest absolute Gasteiger partial charge is 0.112 e. The van der Waals surface area contributed by atoms with Crippen molar-refractivity contribution in [1.29, 1.82) is 0 Å². The Morgan fingerprint density at radius 3 is 2.65 bits per heavy atom. The van der Waals surface area contributed by atoms with Gasteiger partial charge >= 0.3 is 0 Å². The van der Waals surface area contributed by atoms with E-state index in [1.54, 1.807) is 0 Å². The number of aromatic nitrogens is 2. The highest BCUT2D eigenvalue weighted by atomic mass is 16.5. The highest BCUT2D eigenvalue weighted by Gasteiger charge is 2.33. The molecule has 2 saturated heterocycles. The number of hydrogen-bond donors (Lipinski definition) is 0.